The van der Waals surface area contributed by atoms with Crippen molar-refractivity contribution in [1.82, 2.24) is 19.9 Å². The second kappa shape index (κ2) is 7.25. The number of carbonyl (C=O) groups is 2. The van der Waals surface area contributed by atoms with Gasteiger partial charge in [0.1, 0.15) is 6.54 Å². The Hall–Kier alpha value is -2.70. The number of nitrogens with zero attached hydrogens (tertiary/aromatic N) is 4. The van der Waals surface area contributed by atoms with Crippen LogP contribution in [-0.4, -0.2) is 43.4 Å². The van der Waals surface area contributed by atoms with Gasteiger partial charge in [0, 0.05) is 6.54 Å². The molecule has 0 spiro atoms. The van der Waals surface area contributed by atoms with Crippen LogP contribution in [0.15, 0.2) is 36.5 Å². The van der Waals surface area contributed by atoms with E-state index < -0.39 is 5.97 Å². The quantitative estimate of drug-likeness (QED) is 0.929. The average molecular weight is 328 g/mol. The lowest BCUT2D eigenvalue weighted by Crippen LogP contribution is -2.37. The third-order valence-corrected chi connectivity index (χ3v) is 4.31. The molecule has 1 aromatic heterocycles. The molecule has 1 amide bonds. The summed E-state index contributed by atoms with van der Waals surface area (Å²) in [5.74, 6) is -1.21. The molecule has 1 aliphatic rings. The van der Waals surface area contributed by atoms with Gasteiger partial charge >= 0.3 is 5.97 Å². The fraction of sp³-hybridized carbons (Fsp3) is 0.412. The van der Waals surface area contributed by atoms with Crippen LogP contribution in [0.3, 0.4) is 0 Å². The fourth-order valence-corrected chi connectivity index (χ4v) is 3.13. The minimum atomic E-state index is -1.15. The van der Waals surface area contributed by atoms with Crippen LogP contribution in [0.1, 0.15) is 47.8 Å². The first-order valence-corrected chi connectivity index (χ1v) is 8.13. The van der Waals surface area contributed by atoms with Crippen molar-refractivity contribution in [3.8, 4) is 0 Å². The zero-order valence-electron chi connectivity index (χ0n) is 13.3. The molecule has 2 aromatic rings. The van der Waals surface area contributed by atoms with Gasteiger partial charge < -0.3 is 10.0 Å². The number of amides is 1. The molecule has 0 bridgehead atoms. The Morgan fingerprint density at radius 1 is 1.17 bits per heavy atom. The number of carbonyl (C=O) groups excluding carboxylic acids is 1. The molecule has 1 saturated heterocycles. The molecule has 7 heteroatoms. The summed E-state index contributed by atoms with van der Waals surface area (Å²) in [7, 11) is 0. The van der Waals surface area contributed by atoms with E-state index in [2.05, 4.69) is 10.3 Å². The first-order chi connectivity index (χ1) is 11.6. The van der Waals surface area contributed by atoms with Crippen molar-refractivity contribution in [2.45, 2.75) is 38.3 Å². The standard InChI is InChI=1S/C17H20N4O3/c22-16(12-20-11-14(17(23)24)18-19-20)21-10-6-2-5-9-15(21)13-7-3-1-4-8-13/h1,3-4,7-8,11,15H,2,5-6,9-10,12H2,(H,23,24). The molecular weight excluding hydrogens is 308 g/mol. The maximum absolute atomic E-state index is 12.8. The summed E-state index contributed by atoms with van der Waals surface area (Å²) in [6, 6.07) is 10.1. The van der Waals surface area contributed by atoms with Gasteiger partial charge in [-0.3, -0.25) is 4.79 Å². The Labute approximate surface area is 139 Å². The molecule has 7 nitrogen and oxygen atoms in total. The van der Waals surface area contributed by atoms with Crippen LogP contribution in [0.4, 0.5) is 0 Å². The Morgan fingerprint density at radius 3 is 2.67 bits per heavy atom. The van der Waals surface area contributed by atoms with E-state index >= 15 is 0 Å². The maximum Gasteiger partial charge on any atom is 0.358 e. The van der Waals surface area contributed by atoms with Gasteiger partial charge in [-0.2, -0.15) is 0 Å². The summed E-state index contributed by atoms with van der Waals surface area (Å²) in [6.07, 6.45) is 5.41. The third-order valence-electron chi connectivity index (χ3n) is 4.31. The fourth-order valence-electron chi connectivity index (χ4n) is 3.13. The number of aromatic nitrogens is 3. The SMILES string of the molecule is O=C(O)c1cn(CC(=O)N2CCCCCC2c2ccccc2)nn1. The van der Waals surface area contributed by atoms with Crippen LogP contribution in [0.5, 0.6) is 0 Å². The van der Waals surface area contributed by atoms with Crippen molar-refractivity contribution >= 4 is 11.9 Å². The molecule has 126 valence electrons. The highest BCUT2D eigenvalue weighted by Gasteiger charge is 2.27. The van der Waals surface area contributed by atoms with Crippen molar-refractivity contribution in [1.29, 1.82) is 0 Å². The molecular formula is C17H20N4O3. The van der Waals surface area contributed by atoms with Gasteiger partial charge in [-0.05, 0) is 18.4 Å². The van der Waals surface area contributed by atoms with Crippen LogP contribution >= 0.6 is 0 Å². The monoisotopic (exact) mass is 328 g/mol. The van der Waals surface area contributed by atoms with Crippen molar-refractivity contribution in [3.05, 3.63) is 47.8 Å². The Bertz CT molecular complexity index is 714. The van der Waals surface area contributed by atoms with E-state index in [0.29, 0.717) is 6.54 Å². The van der Waals surface area contributed by atoms with E-state index in [-0.39, 0.29) is 24.2 Å². The molecule has 1 atom stereocenters. The molecule has 1 aromatic carbocycles. The van der Waals surface area contributed by atoms with E-state index in [0.717, 1.165) is 31.2 Å². The van der Waals surface area contributed by atoms with Gasteiger partial charge in [-0.1, -0.05) is 48.4 Å². The van der Waals surface area contributed by atoms with Gasteiger partial charge in [-0.15, -0.1) is 5.10 Å². The number of aromatic carboxylic acids is 1. The lowest BCUT2D eigenvalue weighted by atomic mass is 10.0. The van der Waals surface area contributed by atoms with Gasteiger partial charge in [0.25, 0.3) is 0 Å². The van der Waals surface area contributed by atoms with Crippen molar-refractivity contribution in [2.24, 2.45) is 0 Å². The molecule has 24 heavy (non-hydrogen) atoms. The van der Waals surface area contributed by atoms with Gasteiger partial charge in [0.15, 0.2) is 5.69 Å². The van der Waals surface area contributed by atoms with E-state index in [4.69, 9.17) is 5.11 Å². The summed E-state index contributed by atoms with van der Waals surface area (Å²) in [6.45, 7) is 0.711. The summed E-state index contributed by atoms with van der Waals surface area (Å²) in [5, 5.41) is 16.2. The first kappa shape index (κ1) is 16.2. The molecule has 1 aliphatic heterocycles. The highest BCUT2D eigenvalue weighted by atomic mass is 16.4. The van der Waals surface area contributed by atoms with Crippen molar-refractivity contribution in [2.75, 3.05) is 6.54 Å². The van der Waals surface area contributed by atoms with Crippen LogP contribution in [-0.2, 0) is 11.3 Å². The molecule has 1 fully saturated rings. The van der Waals surface area contributed by atoms with E-state index in [1.165, 1.54) is 10.9 Å². The van der Waals surface area contributed by atoms with Gasteiger partial charge in [-0.25, -0.2) is 9.48 Å². The average Bonchev–Trinajstić information content (AvgIpc) is 2.91. The number of hydrogen-bond acceptors (Lipinski definition) is 4. The number of carboxylic acids is 1. The number of benzene rings is 1. The lowest BCUT2D eigenvalue weighted by molar-refractivity contribution is -0.134. The number of rotatable bonds is 4. The number of hydrogen-bond donors (Lipinski definition) is 1. The molecule has 0 aliphatic carbocycles. The highest BCUT2D eigenvalue weighted by Crippen LogP contribution is 2.30. The van der Waals surface area contributed by atoms with Crippen LogP contribution in [0.25, 0.3) is 0 Å². The maximum atomic E-state index is 12.8. The minimum absolute atomic E-state index is 0.00358. The van der Waals surface area contributed by atoms with E-state index in [1.54, 1.807) is 0 Å². The van der Waals surface area contributed by atoms with Gasteiger partial charge in [0.05, 0.1) is 12.2 Å². The molecule has 0 radical (unpaired) electrons. The lowest BCUT2D eigenvalue weighted by Gasteiger charge is -2.30. The highest BCUT2D eigenvalue weighted by molar-refractivity contribution is 5.84. The second-order valence-electron chi connectivity index (χ2n) is 5.97. The Balaban J connectivity index is 1.77. The predicted molar refractivity (Wildman–Crippen MR) is 86.3 cm³/mol. The smallest absolute Gasteiger partial charge is 0.358 e. The second-order valence-corrected chi connectivity index (χ2v) is 5.97. The van der Waals surface area contributed by atoms with E-state index in [1.807, 2.05) is 35.2 Å². The molecule has 1 unspecified atom stereocenters. The van der Waals surface area contributed by atoms with Crippen molar-refractivity contribution in [3.63, 3.8) is 0 Å². The summed E-state index contributed by atoms with van der Waals surface area (Å²) in [4.78, 5) is 25.5. The van der Waals surface area contributed by atoms with Crippen LogP contribution < -0.4 is 0 Å². The minimum Gasteiger partial charge on any atom is -0.476 e. The zero-order valence-corrected chi connectivity index (χ0v) is 13.3. The van der Waals surface area contributed by atoms with Crippen LogP contribution in [0, 0.1) is 0 Å². The molecule has 3 rings (SSSR count). The number of carboxylic acid groups (broad SMARTS) is 1. The van der Waals surface area contributed by atoms with Gasteiger partial charge in [0.2, 0.25) is 5.91 Å². The predicted octanol–water partition coefficient (Wildman–Crippen LogP) is 2.12. The summed E-state index contributed by atoms with van der Waals surface area (Å²) < 4.78 is 1.29. The third kappa shape index (κ3) is 3.61. The Kier molecular flexibility index (Phi) is 4.88. The topological polar surface area (TPSA) is 88.3 Å². The molecule has 1 N–H and O–H groups in total. The molecule has 0 saturated carbocycles. The molecule has 2 heterocycles. The van der Waals surface area contributed by atoms with Crippen molar-refractivity contribution < 1.29 is 14.7 Å². The largest absolute Gasteiger partial charge is 0.476 e. The zero-order chi connectivity index (χ0) is 16.9. The number of likely N-dealkylation sites (tertiary alicyclic amines) is 1. The summed E-state index contributed by atoms with van der Waals surface area (Å²) >= 11 is 0. The van der Waals surface area contributed by atoms with E-state index in [9.17, 15) is 9.59 Å². The Morgan fingerprint density at radius 2 is 1.96 bits per heavy atom. The van der Waals surface area contributed by atoms with Crippen LogP contribution in [0.2, 0.25) is 0 Å². The summed E-state index contributed by atoms with van der Waals surface area (Å²) in [5.41, 5.74) is 0.982. The normalized spacial score (nSPS) is 18.2. The first-order valence-electron chi connectivity index (χ1n) is 8.13.